The van der Waals surface area contributed by atoms with Crippen LogP contribution in [0.4, 0.5) is 5.82 Å². The second-order valence-electron chi connectivity index (χ2n) is 4.11. The number of carboxylic acid groups (broad SMARTS) is 1. The fraction of sp³-hybridized carbons (Fsp3) is 0.231. The Balaban J connectivity index is 2.40. The minimum absolute atomic E-state index is 0.00938. The fourth-order valence-electron chi connectivity index (χ4n) is 1.91. The number of H-pyrrole nitrogens is 1. The number of aromatic carboxylic acids is 1. The van der Waals surface area contributed by atoms with E-state index in [4.69, 9.17) is 10.8 Å². The van der Waals surface area contributed by atoms with Crippen LogP contribution in [0.1, 0.15) is 29.3 Å². The van der Waals surface area contributed by atoms with Crippen molar-refractivity contribution in [3.8, 4) is 11.3 Å². The number of nitrogens with one attached hydrogen (secondary N) is 1. The SMILES string of the molecule is CCCc1ccc(-c2[nH]nc(N)c2C(=O)O)cc1. The number of aryl methyl sites for hydroxylation is 1. The molecule has 0 spiro atoms. The highest BCUT2D eigenvalue weighted by Crippen LogP contribution is 2.25. The number of nitrogens with two attached hydrogens (primary N) is 1. The maximum atomic E-state index is 11.1. The standard InChI is InChI=1S/C13H15N3O2/c1-2-3-8-4-6-9(7-5-8)11-10(13(17)18)12(14)16-15-11/h4-7H,2-3H2,1H3,(H,17,18)(H3,14,15,16). The Kier molecular flexibility index (Phi) is 3.32. The molecule has 0 aliphatic carbocycles. The molecule has 0 aliphatic heterocycles. The average molecular weight is 245 g/mol. The predicted molar refractivity (Wildman–Crippen MR) is 69.4 cm³/mol. The van der Waals surface area contributed by atoms with Gasteiger partial charge in [-0.05, 0) is 12.0 Å². The van der Waals surface area contributed by atoms with Crippen LogP contribution in [0.5, 0.6) is 0 Å². The predicted octanol–water partition coefficient (Wildman–Crippen LogP) is 2.31. The molecule has 0 fully saturated rings. The first-order chi connectivity index (χ1) is 8.63. The molecular weight excluding hydrogens is 230 g/mol. The lowest BCUT2D eigenvalue weighted by Gasteiger charge is -2.02. The Morgan fingerprint density at radius 2 is 2.06 bits per heavy atom. The Morgan fingerprint density at radius 1 is 1.39 bits per heavy atom. The smallest absolute Gasteiger partial charge is 0.341 e. The normalized spacial score (nSPS) is 10.5. The summed E-state index contributed by atoms with van der Waals surface area (Å²) < 4.78 is 0. The molecule has 0 saturated heterocycles. The minimum atomic E-state index is -1.08. The Morgan fingerprint density at radius 3 is 2.61 bits per heavy atom. The molecule has 18 heavy (non-hydrogen) atoms. The number of nitrogens with zero attached hydrogens (tertiary/aromatic N) is 1. The highest BCUT2D eigenvalue weighted by Gasteiger charge is 2.18. The average Bonchev–Trinajstić information content (AvgIpc) is 2.73. The van der Waals surface area contributed by atoms with Crippen LogP contribution >= 0.6 is 0 Å². The van der Waals surface area contributed by atoms with Crippen molar-refractivity contribution >= 4 is 11.8 Å². The van der Waals surface area contributed by atoms with Crippen molar-refractivity contribution in [1.82, 2.24) is 10.2 Å². The quantitative estimate of drug-likeness (QED) is 0.770. The summed E-state index contributed by atoms with van der Waals surface area (Å²) in [6, 6.07) is 7.73. The number of anilines is 1. The largest absolute Gasteiger partial charge is 0.477 e. The molecule has 0 amide bonds. The van der Waals surface area contributed by atoms with E-state index in [1.165, 1.54) is 5.56 Å². The third-order valence-electron chi connectivity index (χ3n) is 2.79. The molecule has 0 unspecified atom stereocenters. The van der Waals surface area contributed by atoms with Crippen molar-refractivity contribution in [2.75, 3.05) is 5.73 Å². The van der Waals surface area contributed by atoms with Crippen LogP contribution in [0.3, 0.4) is 0 Å². The lowest BCUT2D eigenvalue weighted by Crippen LogP contribution is -2.01. The number of hydrogen-bond donors (Lipinski definition) is 3. The zero-order chi connectivity index (χ0) is 13.1. The van der Waals surface area contributed by atoms with Gasteiger partial charge >= 0.3 is 5.97 Å². The first kappa shape index (κ1) is 12.2. The van der Waals surface area contributed by atoms with E-state index in [0.717, 1.165) is 18.4 Å². The monoisotopic (exact) mass is 245 g/mol. The van der Waals surface area contributed by atoms with Gasteiger partial charge in [-0.3, -0.25) is 5.10 Å². The van der Waals surface area contributed by atoms with Gasteiger partial charge in [-0.15, -0.1) is 0 Å². The van der Waals surface area contributed by atoms with Crippen molar-refractivity contribution in [2.45, 2.75) is 19.8 Å². The van der Waals surface area contributed by atoms with E-state index in [0.29, 0.717) is 5.69 Å². The number of rotatable bonds is 4. The summed E-state index contributed by atoms with van der Waals surface area (Å²) in [6.45, 7) is 2.12. The van der Waals surface area contributed by atoms with Gasteiger partial charge in [0.15, 0.2) is 5.82 Å². The summed E-state index contributed by atoms with van der Waals surface area (Å²) in [4.78, 5) is 11.1. The second kappa shape index (κ2) is 4.91. The molecule has 0 bridgehead atoms. The zero-order valence-electron chi connectivity index (χ0n) is 10.1. The van der Waals surface area contributed by atoms with Crippen LogP contribution in [-0.2, 0) is 6.42 Å². The maximum Gasteiger partial charge on any atom is 0.341 e. The number of benzene rings is 1. The summed E-state index contributed by atoms with van der Waals surface area (Å²) in [7, 11) is 0. The molecule has 5 heteroatoms. The molecule has 2 aromatic rings. The van der Waals surface area contributed by atoms with Crippen LogP contribution in [0.25, 0.3) is 11.3 Å². The molecule has 0 saturated carbocycles. The molecule has 0 radical (unpaired) electrons. The molecule has 0 aliphatic rings. The van der Waals surface area contributed by atoms with Crippen LogP contribution < -0.4 is 5.73 Å². The van der Waals surface area contributed by atoms with E-state index >= 15 is 0 Å². The second-order valence-corrected chi connectivity index (χ2v) is 4.11. The van der Waals surface area contributed by atoms with E-state index in [1.54, 1.807) is 0 Å². The first-order valence-corrected chi connectivity index (χ1v) is 5.80. The summed E-state index contributed by atoms with van der Waals surface area (Å²) in [6.07, 6.45) is 2.09. The van der Waals surface area contributed by atoms with Gasteiger partial charge in [-0.2, -0.15) is 5.10 Å². The molecule has 5 nitrogen and oxygen atoms in total. The number of aromatic nitrogens is 2. The third kappa shape index (κ3) is 2.20. The van der Waals surface area contributed by atoms with Crippen molar-refractivity contribution in [2.24, 2.45) is 0 Å². The highest BCUT2D eigenvalue weighted by molar-refractivity contribution is 5.99. The molecule has 2 rings (SSSR count). The molecule has 94 valence electrons. The van der Waals surface area contributed by atoms with Crippen LogP contribution in [0.2, 0.25) is 0 Å². The summed E-state index contributed by atoms with van der Waals surface area (Å²) >= 11 is 0. The summed E-state index contributed by atoms with van der Waals surface area (Å²) in [5.74, 6) is -1.07. The van der Waals surface area contributed by atoms with Crippen molar-refractivity contribution < 1.29 is 9.90 Å². The molecule has 1 heterocycles. The van der Waals surface area contributed by atoms with E-state index in [1.807, 2.05) is 24.3 Å². The Hall–Kier alpha value is -2.30. The van der Waals surface area contributed by atoms with Crippen molar-refractivity contribution in [3.05, 3.63) is 35.4 Å². The third-order valence-corrected chi connectivity index (χ3v) is 2.79. The minimum Gasteiger partial charge on any atom is -0.477 e. The van der Waals surface area contributed by atoms with Gasteiger partial charge in [-0.25, -0.2) is 4.79 Å². The van der Waals surface area contributed by atoms with Gasteiger partial charge in [0.1, 0.15) is 5.56 Å². The molecule has 1 aromatic carbocycles. The topological polar surface area (TPSA) is 92.0 Å². The van der Waals surface area contributed by atoms with E-state index < -0.39 is 5.97 Å². The molecular formula is C13H15N3O2. The number of carbonyl (C=O) groups is 1. The highest BCUT2D eigenvalue weighted by atomic mass is 16.4. The number of nitrogen functional groups attached to an aromatic ring is 1. The van der Waals surface area contributed by atoms with Gasteiger partial charge in [0, 0.05) is 5.56 Å². The van der Waals surface area contributed by atoms with Crippen LogP contribution in [0, 0.1) is 0 Å². The Labute approximate surface area is 105 Å². The van der Waals surface area contributed by atoms with Gasteiger partial charge in [-0.1, -0.05) is 37.6 Å². The van der Waals surface area contributed by atoms with Crippen LogP contribution in [0.15, 0.2) is 24.3 Å². The van der Waals surface area contributed by atoms with E-state index in [9.17, 15) is 4.79 Å². The first-order valence-electron chi connectivity index (χ1n) is 5.80. The van der Waals surface area contributed by atoms with Gasteiger partial charge in [0.2, 0.25) is 0 Å². The molecule has 0 atom stereocenters. The van der Waals surface area contributed by atoms with Gasteiger partial charge in [0.25, 0.3) is 0 Å². The van der Waals surface area contributed by atoms with Gasteiger partial charge < -0.3 is 10.8 Å². The van der Waals surface area contributed by atoms with E-state index in [2.05, 4.69) is 17.1 Å². The lowest BCUT2D eigenvalue weighted by atomic mass is 10.0. The number of aromatic amines is 1. The van der Waals surface area contributed by atoms with Crippen molar-refractivity contribution in [3.63, 3.8) is 0 Å². The van der Waals surface area contributed by atoms with Gasteiger partial charge in [0.05, 0.1) is 5.69 Å². The maximum absolute atomic E-state index is 11.1. The van der Waals surface area contributed by atoms with Crippen molar-refractivity contribution in [1.29, 1.82) is 0 Å². The van der Waals surface area contributed by atoms with Crippen LogP contribution in [-0.4, -0.2) is 21.3 Å². The number of hydrogen-bond acceptors (Lipinski definition) is 3. The molecule has 1 aromatic heterocycles. The lowest BCUT2D eigenvalue weighted by molar-refractivity contribution is 0.0699. The number of carboxylic acids is 1. The van der Waals surface area contributed by atoms with E-state index in [-0.39, 0.29) is 11.4 Å². The summed E-state index contributed by atoms with van der Waals surface area (Å²) in [5, 5.41) is 15.5. The fourth-order valence-corrected chi connectivity index (χ4v) is 1.91. The summed E-state index contributed by atoms with van der Waals surface area (Å²) in [5.41, 5.74) is 8.01. The zero-order valence-corrected chi connectivity index (χ0v) is 10.1. The Bertz CT molecular complexity index is 558. The molecule has 4 N–H and O–H groups in total.